The monoisotopic (exact) mass is 342 g/mol. The van der Waals surface area contributed by atoms with Crippen LogP contribution in [-0.2, 0) is 24.3 Å². The summed E-state index contributed by atoms with van der Waals surface area (Å²) in [5.41, 5.74) is 1.68. The van der Waals surface area contributed by atoms with Crippen LogP contribution in [0.3, 0.4) is 0 Å². The number of carbonyl (C=O) groups excluding carboxylic acids is 1. The van der Waals surface area contributed by atoms with E-state index in [0.717, 1.165) is 6.42 Å². The largest absolute Gasteiger partial charge is 0.442 e. The van der Waals surface area contributed by atoms with E-state index in [1.54, 1.807) is 40.6 Å². The molecule has 1 aliphatic heterocycles. The fourth-order valence-electron chi connectivity index (χ4n) is 2.78. The third-order valence-corrected chi connectivity index (χ3v) is 5.06. The molecule has 0 N–H and O–H groups in total. The van der Waals surface area contributed by atoms with Crippen LogP contribution in [0.2, 0.25) is 0 Å². The number of nitrogens with zero attached hydrogens (tertiary/aromatic N) is 4. The van der Waals surface area contributed by atoms with E-state index in [9.17, 15) is 9.59 Å². The zero-order chi connectivity index (χ0) is 16.5. The Morgan fingerprint density at radius 3 is 3.08 bits per heavy atom. The van der Waals surface area contributed by atoms with E-state index in [1.165, 1.54) is 15.0 Å². The maximum absolute atomic E-state index is 12.6. The van der Waals surface area contributed by atoms with Crippen LogP contribution in [0.1, 0.15) is 10.4 Å². The third-order valence-electron chi connectivity index (χ3n) is 4.03. The lowest BCUT2D eigenvalue weighted by atomic mass is 10.1. The molecule has 0 unspecified atom stereocenters. The zero-order valence-electron chi connectivity index (χ0n) is 12.7. The molecule has 0 aliphatic carbocycles. The molecule has 0 atom stereocenters. The van der Waals surface area contributed by atoms with Crippen molar-refractivity contribution in [3.8, 4) is 11.5 Å². The number of amides is 1. The van der Waals surface area contributed by atoms with Gasteiger partial charge in [0.15, 0.2) is 0 Å². The quantitative estimate of drug-likeness (QED) is 0.721. The Hall–Kier alpha value is -2.74. The molecule has 3 aromatic rings. The highest BCUT2D eigenvalue weighted by molar-refractivity contribution is 7.10. The summed E-state index contributed by atoms with van der Waals surface area (Å²) in [5, 5.41) is 5.80. The summed E-state index contributed by atoms with van der Waals surface area (Å²) in [7, 11) is 0. The Bertz CT molecular complexity index is 928. The molecule has 24 heavy (non-hydrogen) atoms. The Morgan fingerprint density at radius 2 is 2.25 bits per heavy atom. The number of aromatic nitrogens is 3. The zero-order valence-corrected chi connectivity index (χ0v) is 13.5. The molecule has 0 radical (unpaired) electrons. The summed E-state index contributed by atoms with van der Waals surface area (Å²) in [6, 6.07) is 7.32. The Kier molecular flexibility index (Phi) is 3.73. The second-order valence-electron chi connectivity index (χ2n) is 5.51. The number of pyridine rings is 1. The van der Waals surface area contributed by atoms with E-state index in [1.807, 2.05) is 11.4 Å². The molecule has 122 valence electrons. The Balaban J connectivity index is 1.57. The van der Waals surface area contributed by atoms with Gasteiger partial charge in [0.1, 0.15) is 12.2 Å². The van der Waals surface area contributed by atoms with Gasteiger partial charge in [0.2, 0.25) is 11.7 Å². The first-order chi connectivity index (χ1) is 11.7. The van der Waals surface area contributed by atoms with E-state index in [0.29, 0.717) is 18.8 Å². The van der Waals surface area contributed by atoms with Crippen LogP contribution in [0.5, 0.6) is 0 Å². The van der Waals surface area contributed by atoms with E-state index in [4.69, 9.17) is 4.52 Å². The van der Waals surface area contributed by atoms with E-state index in [2.05, 4.69) is 10.1 Å². The Labute approximate surface area is 141 Å². The number of rotatable bonds is 3. The van der Waals surface area contributed by atoms with Crippen LogP contribution in [0.15, 0.2) is 45.2 Å². The van der Waals surface area contributed by atoms with Crippen molar-refractivity contribution in [2.24, 2.45) is 0 Å². The fraction of sp³-hybridized carbons (Fsp3) is 0.250. The lowest BCUT2D eigenvalue weighted by molar-refractivity contribution is -0.132. The first-order valence-corrected chi connectivity index (χ1v) is 8.41. The summed E-state index contributed by atoms with van der Waals surface area (Å²) >= 11 is 1.72. The molecule has 4 rings (SSSR count). The topological polar surface area (TPSA) is 81.2 Å². The van der Waals surface area contributed by atoms with Gasteiger partial charge < -0.3 is 4.90 Å². The van der Waals surface area contributed by atoms with Crippen molar-refractivity contribution >= 4 is 17.2 Å². The van der Waals surface area contributed by atoms with Gasteiger partial charge >= 0.3 is 5.76 Å². The number of hydrogen-bond acceptors (Lipinski definition) is 6. The summed E-state index contributed by atoms with van der Waals surface area (Å²) in [4.78, 5) is 31.8. The van der Waals surface area contributed by atoms with Crippen molar-refractivity contribution < 1.29 is 9.32 Å². The van der Waals surface area contributed by atoms with Gasteiger partial charge in [-0.05, 0) is 35.6 Å². The second-order valence-corrected chi connectivity index (χ2v) is 6.51. The molecule has 0 spiro atoms. The summed E-state index contributed by atoms with van der Waals surface area (Å²) in [6.45, 7) is 1.13. The highest BCUT2D eigenvalue weighted by Gasteiger charge is 2.24. The lowest BCUT2D eigenvalue weighted by Crippen LogP contribution is -2.39. The van der Waals surface area contributed by atoms with Gasteiger partial charge in [-0.3, -0.25) is 14.3 Å². The van der Waals surface area contributed by atoms with Crippen molar-refractivity contribution in [2.45, 2.75) is 19.5 Å². The second kappa shape index (κ2) is 6.04. The average Bonchev–Trinajstić information content (AvgIpc) is 3.22. The predicted octanol–water partition coefficient (Wildman–Crippen LogP) is 1.54. The lowest BCUT2D eigenvalue weighted by Gasteiger charge is -2.27. The molecule has 0 saturated heterocycles. The molecule has 1 amide bonds. The molecule has 7 nitrogen and oxygen atoms in total. The van der Waals surface area contributed by atoms with Crippen LogP contribution in [0.25, 0.3) is 11.5 Å². The van der Waals surface area contributed by atoms with Gasteiger partial charge in [0.05, 0.1) is 0 Å². The van der Waals surface area contributed by atoms with Crippen molar-refractivity contribution in [2.75, 3.05) is 6.54 Å². The molecule has 3 aromatic heterocycles. The van der Waals surface area contributed by atoms with Crippen LogP contribution in [0, 0.1) is 0 Å². The standard InChI is InChI=1S/C16H14N4O3S/c21-14(19-7-4-13-11(9-19)5-8-24-13)10-20-15(18-23-16(20)22)12-3-1-2-6-17-12/h1-3,5-6,8H,4,7,9-10H2. The first-order valence-electron chi connectivity index (χ1n) is 7.53. The molecule has 4 heterocycles. The SMILES string of the molecule is O=C(Cn1c(-c2ccccn2)noc1=O)N1CCc2sccc2C1. The highest BCUT2D eigenvalue weighted by Crippen LogP contribution is 2.24. The molecular formula is C16H14N4O3S. The van der Waals surface area contributed by atoms with E-state index in [-0.39, 0.29) is 18.3 Å². The van der Waals surface area contributed by atoms with Gasteiger partial charge in [-0.2, -0.15) is 0 Å². The molecule has 0 aromatic carbocycles. The maximum Gasteiger partial charge on any atom is 0.442 e. The summed E-state index contributed by atoms with van der Waals surface area (Å²) in [6.07, 6.45) is 2.45. The van der Waals surface area contributed by atoms with Crippen LogP contribution < -0.4 is 5.76 Å². The number of fused-ring (bicyclic) bond motifs is 1. The number of hydrogen-bond donors (Lipinski definition) is 0. The minimum Gasteiger partial charge on any atom is -0.336 e. The summed E-state index contributed by atoms with van der Waals surface area (Å²) in [5.74, 6) is -0.520. The molecule has 1 aliphatic rings. The molecule has 8 heteroatoms. The maximum atomic E-state index is 12.6. The van der Waals surface area contributed by atoms with E-state index < -0.39 is 5.76 Å². The minimum absolute atomic E-state index is 0.103. The van der Waals surface area contributed by atoms with Crippen LogP contribution >= 0.6 is 11.3 Å². The van der Waals surface area contributed by atoms with Gasteiger partial charge in [-0.25, -0.2) is 9.36 Å². The highest BCUT2D eigenvalue weighted by atomic mass is 32.1. The molecular weight excluding hydrogens is 328 g/mol. The van der Waals surface area contributed by atoms with Crippen molar-refractivity contribution in [1.29, 1.82) is 0 Å². The summed E-state index contributed by atoms with van der Waals surface area (Å²) < 4.78 is 5.96. The van der Waals surface area contributed by atoms with Crippen LogP contribution in [0.4, 0.5) is 0 Å². The Morgan fingerprint density at radius 1 is 1.33 bits per heavy atom. The molecule has 0 saturated carbocycles. The van der Waals surface area contributed by atoms with Gasteiger partial charge in [-0.15, -0.1) is 11.3 Å². The third kappa shape index (κ3) is 2.65. The van der Waals surface area contributed by atoms with Crippen molar-refractivity contribution in [1.82, 2.24) is 19.6 Å². The van der Waals surface area contributed by atoms with Crippen molar-refractivity contribution in [3.63, 3.8) is 0 Å². The average molecular weight is 342 g/mol. The predicted molar refractivity (Wildman–Crippen MR) is 87.4 cm³/mol. The van der Waals surface area contributed by atoms with Gasteiger partial charge in [0, 0.05) is 24.2 Å². The van der Waals surface area contributed by atoms with Crippen molar-refractivity contribution in [3.05, 3.63) is 56.8 Å². The molecule has 0 fully saturated rings. The van der Waals surface area contributed by atoms with Crippen LogP contribution in [-0.4, -0.2) is 32.1 Å². The van der Waals surface area contributed by atoms with Gasteiger partial charge in [0.25, 0.3) is 0 Å². The first kappa shape index (κ1) is 14.8. The van der Waals surface area contributed by atoms with Gasteiger partial charge in [-0.1, -0.05) is 11.2 Å². The molecule has 0 bridgehead atoms. The number of thiophene rings is 1. The fourth-order valence-corrected chi connectivity index (χ4v) is 3.67. The number of carbonyl (C=O) groups is 1. The smallest absolute Gasteiger partial charge is 0.336 e. The minimum atomic E-state index is -0.655. The normalized spacial score (nSPS) is 13.8. The van der Waals surface area contributed by atoms with E-state index >= 15 is 0 Å².